The van der Waals surface area contributed by atoms with Gasteiger partial charge in [0, 0.05) is 25.0 Å². The number of nitrogens with zero attached hydrogens (tertiary/aromatic N) is 2. The molecule has 0 bridgehead atoms. The van der Waals surface area contributed by atoms with Gasteiger partial charge >= 0.3 is 6.09 Å². The summed E-state index contributed by atoms with van der Waals surface area (Å²) in [7, 11) is 1.28. The lowest BCUT2D eigenvalue weighted by atomic mass is 10.00. The van der Waals surface area contributed by atoms with Crippen LogP contribution in [-0.4, -0.2) is 41.7 Å². The molecule has 1 aromatic heterocycles. The predicted octanol–water partition coefficient (Wildman–Crippen LogP) is 1.78. The van der Waals surface area contributed by atoms with Crippen molar-refractivity contribution in [1.82, 2.24) is 14.8 Å². The van der Waals surface area contributed by atoms with Crippen LogP contribution in [0.1, 0.15) is 17.3 Å². The van der Waals surface area contributed by atoms with Gasteiger partial charge in [0.05, 0.1) is 13.2 Å². The molecule has 1 aliphatic rings. The van der Waals surface area contributed by atoms with E-state index in [9.17, 15) is 9.59 Å². The Kier molecular flexibility index (Phi) is 4.32. The van der Waals surface area contributed by atoms with E-state index in [2.05, 4.69) is 14.6 Å². The van der Waals surface area contributed by atoms with Crippen molar-refractivity contribution in [2.75, 3.05) is 20.2 Å². The van der Waals surface area contributed by atoms with Crippen molar-refractivity contribution in [1.29, 1.82) is 0 Å². The van der Waals surface area contributed by atoms with Crippen molar-refractivity contribution in [2.45, 2.75) is 12.6 Å². The minimum absolute atomic E-state index is 0.0727. The number of alkyl carbamates (subject to hydrolysis) is 1. The van der Waals surface area contributed by atoms with E-state index in [1.54, 1.807) is 4.90 Å². The van der Waals surface area contributed by atoms with Crippen LogP contribution in [0.25, 0.3) is 0 Å². The van der Waals surface area contributed by atoms with Crippen LogP contribution in [-0.2, 0) is 16.1 Å². The molecule has 1 aliphatic heterocycles. The van der Waals surface area contributed by atoms with Crippen molar-refractivity contribution in [3.05, 3.63) is 59.9 Å². The monoisotopic (exact) mass is 313 g/mol. The highest BCUT2D eigenvalue weighted by molar-refractivity contribution is 5.83. The Morgan fingerprint density at radius 1 is 1.17 bits per heavy atom. The molecule has 1 aromatic carbocycles. The van der Waals surface area contributed by atoms with Gasteiger partial charge in [0.2, 0.25) is 5.91 Å². The fraction of sp³-hybridized carbons (Fsp3) is 0.294. The van der Waals surface area contributed by atoms with Crippen LogP contribution in [0.15, 0.2) is 48.7 Å². The number of fused-ring (bicyclic) bond motifs is 1. The van der Waals surface area contributed by atoms with Crippen LogP contribution < -0.4 is 5.32 Å². The second kappa shape index (κ2) is 6.56. The van der Waals surface area contributed by atoms with E-state index < -0.39 is 6.09 Å². The Balaban J connectivity index is 1.87. The summed E-state index contributed by atoms with van der Waals surface area (Å²) in [5.74, 6) is -0.128. The molecule has 0 aliphatic carbocycles. The quantitative estimate of drug-likeness (QED) is 0.939. The average molecular weight is 313 g/mol. The number of methoxy groups -OCH3 is 1. The third-order valence-corrected chi connectivity index (χ3v) is 4.04. The number of hydrogen-bond acceptors (Lipinski definition) is 3. The van der Waals surface area contributed by atoms with Gasteiger partial charge in [-0.25, -0.2) is 4.79 Å². The zero-order chi connectivity index (χ0) is 16.2. The third kappa shape index (κ3) is 3.06. The molecule has 3 rings (SSSR count). The molecule has 0 spiro atoms. The highest BCUT2D eigenvalue weighted by Crippen LogP contribution is 2.32. The summed E-state index contributed by atoms with van der Waals surface area (Å²) in [4.78, 5) is 25.6. The smallest absolute Gasteiger partial charge is 0.407 e. The SMILES string of the molecule is COC(=O)NCC(=O)N1CCn2cccc2[C@H]1c1ccccc1. The van der Waals surface area contributed by atoms with Crippen LogP contribution in [0.5, 0.6) is 0 Å². The minimum atomic E-state index is -0.602. The first-order valence-electron chi connectivity index (χ1n) is 7.52. The summed E-state index contributed by atoms with van der Waals surface area (Å²) in [6, 6.07) is 13.8. The number of benzene rings is 1. The summed E-state index contributed by atoms with van der Waals surface area (Å²) >= 11 is 0. The van der Waals surface area contributed by atoms with Crippen molar-refractivity contribution in [3.63, 3.8) is 0 Å². The van der Waals surface area contributed by atoms with Gasteiger partial charge in [-0.3, -0.25) is 4.79 Å². The van der Waals surface area contributed by atoms with E-state index in [0.29, 0.717) is 6.54 Å². The van der Waals surface area contributed by atoms with Crippen molar-refractivity contribution < 1.29 is 14.3 Å². The maximum atomic E-state index is 12.6. The molecule has 2 aromatic rings. The first kappa shape index (κ1) is 15.1. The number of carbonyl (C=O) groups is 2. The fourth-order valence-electron chi connectivity index (χ4n) is 2.96. The van der Waals surface area contributed by atoms with E-state index in [1.165, 1.54) is 7.11 Å². The molecule has 6 nitrogen and oxygen atoms in total. The van der Waals surface area contributed by atoms with Gasteiger partial charge in [-0.05, 0) is 17.7 Å². The number of carbonyl (C=O) groups excluding carboxylic acids is 2. The Morgan fingerprint density at radius 2 is 1.96 bits per heavy atom. The average Bonchev–Trinajstić information content (AvgIpc) is 3.07. The summed E-state index contributed by atoms with van der Waals surface area (Å²) < 4.78 is 6.68. The number of nitrogens with one attached hydrogen (secondary N) is 1. The highest BCUT2D eigenvalue weighted by atomic mass is 16.5. The van der Waals surface area contributed by atoms with Gasteiger partial charge < -0.3 is 19.5 Å². The van der Waals surface area contributed by atoms with Crippen molar-refractivity contribution in [3.8, 4) is 0 Å². The fourth-order valence-corrected chi connectivity index (χ4v) is 2.96. The molecule has 2 amide bonds. The number of amides is 2. The summed E-state index contributed by atoms with van der Waals surface area (Å²) in [5.41, 5.74) is 2.13. The summed E-state index contributed by atoms with van der Waals surface area (Å²) in [5, 5.41) is 2.46. The third-order valence-electron chi connectivity index (χ3n) is 4.04. The van der Waals surface area contributed by atoms with Gasteiger partial charge in [-0.15, -0.1) is 0 Å². The molecule has 1 N–H and O–H groups in total. The first-order chi connectivity index (χ1) is 11.2. The van der Waals surface area contributed by atoms with Crippen LogP contribution in [0.2, 0.25) is 0 Å². The Hall–Kier alpha value is -2.76. The standard InChI is InChI=1S/C17H19N3O3/c1-23-17(22)18-12-15(21)20-11-10-19-9-5-8-14(19)16(20)13-6-3-2-4-7-13/h2-9,16H,10-12H2,1H3,(H,18,22)/t16-/m1/s1. The second-order valence-corrected chi connectivity index (χ2v) is 5.37. The van der Waals surface area contributed by atoms with E-state index >= 15 is 0 Å². The van der Waals surface area contributed by atoms with E-state index in [4.69, 9.17) is 0 Å². The zero-order valence-electron chi connectivity index (χ0n) is 12.9. The largest absolute Gasteiger partial charge is 0.453 e. The number of ether oxygens (including phenoxy) is 1. The van der Waals surface area contributed by atoms with Gasteiger partial charge in [0.25, 0.3) is 0 Å². The van der Waals surface area contributed by atoms with E-state index in [0.717, 1.165) is 17.8 Å². The predicted molar refractivity (Wildman–Crippen MR) is 84.8 cm³/mol. The van der Waals surface area contributed by atoms with Gasteiger partial charge in [0.15, 0.2) is 0 Å². The second-order valence-electron chi connectivity index (χ2n) is 5.37. The van der Waals surface area contributed by atoms with Crippen LogP contribution in [0.4, 0.5) is 4.79 Å². The van der Waals surface area contributed by atoms with Gasteiger partial charge in [-0.2, -0.15) is 0 Å². The van der Waals surface area contributed by atoms with E-state index in [-0.39, 0.29) is 18.5 Å². The molecule has 0 unspecified atom stereocenters. The van der Waals surface area contributed by atoms with Crippen LogP contribution in [0.3, 0.4) is 0 Å². The minimum Gasteiger partial charge on any atom is -0.453 e. The van der Waals surface area contributed by atoms with E-state index in [1.807, 2.05) is 48.7 Å². The highest BCUT2D eigenvalue weighted by Gasteiger charge is 2.31. The lowest BCUT2D eigenvalue weighted by Crippen LogP contribution is -2.46. The first-order valence-corrected chi connectivity index (χ1v) is 7.52. The van der Waals surface area contributed by atoms with Gasteiger partial charge in [0.1, 0.15) is 6.54 Å². The Morgan fingerprint density at radius 3 is 2.70 bits per heavy atom. The zero-order valence-corrected chi connectivity index (χ0v) is 12.9. The number of hydrogen-bond donors (Lipinski definition) is 1. The Labute approximate surface area is 134 Å². The molecule has 1 atom stereocenters. The lowest BCUT2D eigenvalue weighted by molar-refractivity contribution is -0.132. The lowest BCUT2D eigenvalue weighted by Gasteiger charge is -2.37. The maximum Gasteiger partial charge on any atom is 0.407 e. The van der Waals surface area contributed by atoms with Crippen LogP contribution >= 0.6 is 0 Å². The molecule has 120 valence electrons. The van der Waals surface area contributed by atoms with Gasteiger partial charge in [-0.1, -0.05) is 30.3 Å². The van der Waals surface area contributed by atoms with Crippen LogP contribution in [0, 0.1) is 0 Å². The molecule has 0 saturated heterocycles. The summed E-state index contributed by atoms with van der Waals surface area (Å²) in [6.07, 6.45) is 1.43. The normalized spacial score (nSPS) is 16.6. The molecular formula is C17H19N3O3. The molecule has 0 fully saturated rings. The van der Waals surface area contributed by atoms with Crippen molar-refractivity contribution in [2.24, 2.45) is 0 Å². The molecule has 23 heavy (non-hydrogen) atoms. The molecule has 0 saturated carbocycles. The summed E-state index contributed by atoms with van der Waals surface area (Å²) in [6.45, 7) is 1.27. The topological polar surface area (TPSA) is 63.6 Å². The number of rotatable bonds is 3. The maximum absolute atomic E-state index is 12.6. The molecule has 2 heterocycles. The Bertz CT molecular complexity index is 696. The molecule has 0 radical (unpaired) electrons. The molecular weight excluding hydrogens is 294 g/mol. The molecule has 6 heteroatoms. The number of aromatic nitrogens is 1. The van der Waals surface area contributed by atoms with Crippen molar-refractivity contribution >= 4 is 12.0 Å².